The number of ether oxygens (including phenoxy) is 2. The Balaban J connectivity index is 2.06. The lowest BCUT2D eigenvalue weighted by Gasteiger charge is -2.27. The first-order valence-electron chi connectivity index (χ1n) is 7.05. The standard InChI is InChI=1S/C13H23N5O2/c1-4-14-11-15-12(17-13(16-11)19-3)18(2)9-10-5-7-20-8-6-10/h10H,4-9H2,1-3H3,(H,14,15,16,17). The first-order chi connectivity index (χ1) is 9.72. The predicted molar refractivity (Wildman–Crippen MR) is 77.4 cm³/mol. The fraction of sp³-hybridized carbons (Fsp3) is 0.769. The molecular weight excluding hydrogens is 258 g/mol. The van der Waals surface area contributed by atoms with Crippen molar-refractivity contribution in [2.24, 2.45) is 5.92 Å². The highest BCUT2D eigenvalue weighted by molar-refractivity contribution is 5.37. The fourth-order valence-corrected chi connectivity index (χ4v) is 2.24. The number of methoxy groups -OCH3 is 1. The van der Waals surface area contributed by atoms with Crippen LogP contribution in [0.15, 0.2) is 0 Å². The van der Waals surface area contributed by atoms with E-state index in [0.29, 0.717) is 23.8 Å². The maximum Gasteiger partial charge on any atom is 0.322 e. The quantitative estimate of drug-likeness (QED) is 0.839. The molecule has 1 aliphatic heterocycles. The van der Waals surface area contributed by atoms with Crippen LogP contribution in [0.4, 0.5) is 11.9 Å². The summed E-state index contributed by atoms with van der Waals surface area (Å²) in [6, 6.07) is 0.338. The largest absolute Gasteiger partial charge is 0.467 e. The van der Waals surface area contributed by atoms with Crippen LogP contribution in [-0.4, -0.2) is 55.4 Å². The maximum atomic E-state index is 5.38. The summed E-state index contributed by atoms with van der Waals surface area (Å²) in [7, 11) is 3.56. The van der Waals surface area contributed by atoms with E-state index in [1.54, 1.807) is 7.11 Å². The zero-order valence-electron chi connectivity index (χ0n) is 12.4. The van der Waals surface area contributed by atoms with Gasteiger partial charge in [-0.3, -0.25) is 0 Å². The van der Waals surface area contributed by atoms with Crippen LogP contribution in [0.1, 0.15) is 19.8 Å². The predicted octanol–water partition coefficient (Wildman–Crippen LogP) is 1.17. The SMILES string of the molecule is CCNc1nc(OC)nc(N(C)CC2CCOCC2)n1. The van der Waals surface area contributed by atoms with E-state index >= 15 is 0 Å². The van der Waals surface area contributed by atoms with Gasteiger partial charge in [0, 0.05) is 33.4 Å². The number of anilines is 2. The molecule has 0 bridgehead atoms. The molecule has 1 N–H and O–H groups in total. The summed E-state index contributed by atoms with van der Waals surface area (Å²) in [5.74, 6) is 1.81. The number of rotatable bonds is 6. The number of nitrogens with zero attached hydrogens (tertiary/aromatic N) is 4. The average molecular weight is 281 g/mol. The zero-order chi connectivity index (χ0) is 14.4. The summed E-state index contributed by atoms with van der Waals surface area (Å²) in [6.07, 6.45) is 2.18. The zero-order valence-corrected chi connectivity index (χ0v) is 12.4. The van der Waals surface area contributed by atoms with Gasteiger partial charge >= 0.3 is 6.01 Å². The topological polar surface area (TPSA) is 72.4 Å². The Morgan fingerprint density at radius 1 is 1.30 bits per heavy atom. The van der Waals surface area contributed by atoms with Crippen molar-refractivity contribution in [1.29, 1.82) is 0 Å². The second kappa shape index (κ2) is 7.23. The molecule has 0 amide bonds. The van der Waals surface area contributed by atoms with Gasteiger partial charge < -0.3 is 19.7 Å². The maximum absolute atomic E-state index is 5.38. The molecule has 1 aromatic heterocycles. The van der Waals surface area contributed by atoms with Gasteiger partial charge in [0.2, 0.25) is 11.9 Å². The van der Waals surface area contributed by atoms with Crippen molar-refractivity contribution in [3.05, 3.63) is 0 Å². The van der Waals surface area contributed by atoms with Gasteiger partial charge in [-0.05, 0) is 25.7 Å². The molecule has 2 heterocycles. The number of hydrogen-bond donors (Lipinski definition) is 1. The fourth-order valence-electron chi connectivity index (χ4n) is 2.24. The Labute approximate surface area is 119 Å². The summed E-state index contributed by atoms with van der Waals surface area (Å²) in [5.41, 5.74) is 0. The van der Waals surface area contributed by atoms with Gasteiger partial charge in [0.05, 0.1) is 7.11 Å². The van der Waals surface area contributed by atoms with Crippen LogP contribution in [0.25, 0.3) is 0 Å². The van der Waals surface area contributed by atoms with Crippen LogP contribution in [0.5, 0.6) is 6.01 Å². The Hall–Kier alpha value is -1.63. The summed E-state index contributed by atoms with van der Waals surface area (Å²) >= 11 is 0. The lowest BCUT2D eigenvalue weighted by atomic mass is 10.0. The number of nitrogens with one attached hydrogen (secondary N) is 1. The lowest BCUT2D eigenvalue weighted by molar-refractivity contribution is 0.0684. The molecule has 0 spiro atoms. The van der Waals surface area contributed by atoms with Crippen LogP contribution in [0.2, 0.25) is 0 Å². The van der Waals surface area contributed by atoms with Gasteiger partial charge in [0.1, 0.15) is 0 Å². The molecule has 0 unspecified atom stereocenters. The molecule has 1 aromatic rings. The third-order valence-electron chi connectivity index (χ3n) is 3.33. The molecule has 0 aliphatic carbocycles. The highest BCUT2D eigenvalue weighted by atomic mass is 16.5. The minimum absolute atomic E-state index is 0.338. The first kappa shape index (κ1) is 14.8. The normalized spacial score (nSPS) is 15.9. The van der Waals surface area contributed by atoms with Crippen molar-refractivity contribution in [1.82, 2.24) is 15.0 Å². The summed E-state index contributed by atoms with van der Waals surface area (Å²) < 4.78 is 10.5. The van der Waals surface area contributed by atoms with Gasteiger partial charge in [-0.25, -0.2) is 0 Å². The van der Waals surface area contributed by atoms with Gasteiger partial charge in [-0.1, -0.05) is 0 Å². The Kier molecular flexibility index (Phi) is 5.34. The molecule has 0 atom stereocenters. The highest BCUT2D eigenvalue weighted by Gasteiger charge is 2.18. The van der Waals surface area contributed by atoms with Crippen molar-refractivity contribution in [3.8, 4) is 6.01 Å². The summed E-state index contributed by atoms with van der Waals surface area (Å²) in [6.45, 7) is 5.38. The van der Waals surface area contributed by atoms with E-state index < -0.39 is 0 Å². The Bertz CT molecular complexity index is 423. The Morgan fingerprint density at radius 3 is 2.70 bits per heavy atom. The van der Waals surface area contributed by atoms with Gasteiger partial charge in [-0.2, -0.15) is 15.0 Å². The third-order valence-corrected chi connectivity index (χ3v) is 3.33. The second-order valence-electron chi connectivity index (χ2n) is 4.91. The molecule has 7 nitrogen and oxygen atoms in total. The molecular formula is C13H23N5O2. The van der Waals surface area contributed by atoms with Crippen LogP contribution in [-0.2, 0) is 4.74 Å². The molecule has 1 fully saturated rings. The molecule has 20 heavy (non-hydrogen) atoms. The van der Waals surface area contributed by atoms with E-state index in [-0.39, 0.29) is 0 Å². The minimum Gasteiger partial charge on any atom is -0.467 e. The molecule has 112 valence electrons. The second-order valence-corrected chi connectivity index (χ2v) is 4.91. The molecule has 1 aliphatic rings. The van der Waals surface area contributed by atoms with Crippen LogP contribution < -0.4 is 15.0 Å². The molecule has 1 saturated heterocycles. The molecule has 2 rings (SSSR count). The Morgan fingerprint density at radius 2 is 2.05 bits per heavy atom. The summed E-state index contributed by atoms with van der Waals surface area (Å²) in [5, 5.41) is 3.09. The van der Waals surface area contributed by atoms with Gasteiger partial charge in [0.25, 0.3) is 0 Å². The molecule has 0 aromatic carbocycles. The van der Waals surface area contributed by atoms with Crippen LogP contribution >= 0.6 is 0 Å². The van der Waals surface area contributed by atoms with E-state index in [0.717, 1.165) is 39.1 Å². The highest BCUT2D eigenvalue weighted by Crippen LogP contribution is 2.19. The van der Waals surface area contributed by atoms with E-state index in [4.69, 9.17) is 9.47 Å². The smallest absolute Gasteiger partial charge is 0.322 e. The van der Waals surface area contributed by atoms with Crippen LogP contribution in [0.3, 0.4) is 0 Å². The third kappa shape index (κ3) is 3.93. The van der Waals surface area contributed by atoms with Crippen molar-refractivity contribution in [2.45, 2.75) is 19.8 Å². The monoisotopic (exact) mass is 281 g/mol. The minimum atomic E-state index is 0.338. The van der Waals surface area contributed by atoms with E-state index in [2.05, 4.69) is 25.2 Å². The van der Waals surface area contributed by atoms with Gasteiger partial charge in [0.15, 0.2) is 0 Å². The van der Waals surface area contributed by atoms with E-state index in [1.165, 1.54) is 0 Å². The van der Waals surface area contributed by atoms with E-state index in [9.17, 15) is 0 Å². The van der Waals surface area contributed by atoms with E-state index in [1.807, 2.05) is 14.0 Å². The molecule has 7 heteroatoms. The summed E-state index contributed by atoms with van der Waals surface area (Å²) in [4.78, 5) is 15.0. The molecule has 0 radical (unpaired) electrons. The van der Waals surface area contributed by atoms with Crippen molar-refractivity contribution in [2.75, 3.05) is 50.7 Å². The number of aromatic nitrogens is 3. The van der Waals surface area contributed by atoms with Crippen molar-refractivity contribution in [3.63, 3.8) is 0 Å². The lowest BCUT2D eigenvalue weighted by Crippen LogP contribution is -2.31. The van der Waals surface area contributed by atoms with Crippen molar-refractivity contribution < 1.29 is 9.47 Å². The van der Waals surface area contributed by atoms with Crippen LogP contribution in [0, 0.1) is 5.92 Å². The number of hydrogen-bond acceptors (Lipinski definition) is 7. The average Bonchev–Trinajstić information content (AvgIpc) is 2.48. The molecule has 0 saturated carbocycles. The van der Waals surface area contributed by atoms with Gasteiger partial charge in [-0.15, -0.1) is 0 Å². The first-order valence-corrected chi connectivity index (χ1v) is 7.05. The van der Waals surface area contributed by atoms with Crippen molar-refractivity contribution >= 4 is 11.9 Å².